The molecule has 1 fully saturated rings. The summed E-state index contributed by atoms with van der Waals surface area (Å²) in [6, 6.07) is 13.9. The number of nitro groups is 1. The lowest BCUT2D eigenvalue weighted by Gasteiger charge is -2.30. The van der Waals surface area contributed by atoms with E-state index in [0.717, 1.165) is 16.0 Å². The van der Waals surface area contributed by atoms with Gasteiger partial charge in [0.15, 0.2) is 6.04 Å². The highest BCUT2D eigenvalue weighted by atomic mass is 16.6. The Morgan fingerprint density at radius 3 is 2.54 bits per heavy atom. The zero-order chi connectivity index (χ0) is 18.5. The molecule has 2 aromatic rings. The Labute approximate surface area is 151 Å². The number of carbonyl (C=O) groups excluding carboxylic acids is 1. The third-order valence-electron chi connectivity index (χ3n) is 4.55. The highest BCUT2D eigenvalue weighted by Crippen LogP contribution is 2.26. The number of morpholine rings is 1. The molecular weight excluding hydrogens is 334 g/mol. The number of rotatable bonds is 5. The second-order valence-electron chi connectivity index (χ2n) is 6.38. The summed E-state index contributed by atoms with van der Waals surface area (Å²) in [6.07, 6.45) is 0. The van der Waals surface area contributed by atoms with Crippen molar-refractivity contribution in [2.45, 2.75) is 13.0 Å². The molecule has 0 radical (unpaired) electrons. The Morgan fingerprint density at radius 1 is 1.19 bits per heavy atom. The van der Waals surface area contributed by atoms with E-state index in [1.807, 2.05) is 30.3 Å². The molecule has 136 valence electrons. The molecule has 1 saturated heterocycles. The van der Waals surface area contributed by atoms with Crippen molar-refractivity contribution in [2.24, 2.45) is 0 Å². The molecule has 7 nitrogen and oxygen atoms in total. The summed E-state index contributed by atoms with van der Waals surface area (Å²) in [4.78, 5) is 25.0. The Bertz CT molecular complexity index is 789. The molecule has 2 N–H and O–H groups in total. The molecule has 0 bridgehead atoms. The number of amides is 1. The number of hydrogen-bond acceptors (Lipinski definition) is 4. The van der Waals surface area contributed by atoms with Gasteiger partial charge in [-0.05, 0) is 18.6 Å². The number of carbonyl (C=O) groups is 1. The number of quaternary nitrogens is 1. The number of nitrogens with zero attached hydrogens (tertiary/aromatic N) is 1. The summed E-state index contributed by atoms with van der Waals surface area (Å²) < 4.78 is 5.41. The van der Waals surface area contributed by atoms with Gasteiger partial charge in [-0.3, -0.25) is 14.9 Å². The molecule has 1 atom stereocenters. The van der Waals surface area contributed by atoms with E-state index in [-0.39, 0.29) is 17.3 Å². The number of anilines is 1. The Balaban J connectivity index is 1.90. The van der Waals surface area contributed by atoms with Gasteiger partial charge in [-0.25, -0.2) is 0 Å². The first-order valence-corrected chi connectivity index (χ1v) is 8.59. The number of nitrogens with one attached hydrogen (secondary N) is 2. The van der Waals surface area contributed by atoms with Crippen LogP contribution in [0.5, 0.6) is 0 Å². The van der Waals surface area contributed by atoms with Crippen LogP contribution in [0.2, 0.25) is 0 Å². The van der Waals surface area contributed by atoms with Crippen LogP contribution >= 0.6 is 0 Å². The largest absolute Gasteiger partial charge is 0.370 e. The van der Waals surface area contributed by atoms with Gasteiger partial charge in [0.2, 0.25) is 0 Å². The second kappa shape index (κ2) is 8.07. The van der Waals surface area contributed by atoms with E-state index in [1.54, 1.807) is 19.1 Å². The van der Waals surface area contributed by atoms with Crippen LogP contribution in [0.15, 0.2) is 48.5 Å². The van der Waals surface area contributed by atoms with Gasteiger partial charge in [0, 0.05) is 11.6 Å². The summed E-state index contributed by atoms with van der Waals surface area (Å²) >= 11 is 0. The van der Waals surface area contributed by atoms with Gasteiger partial charge >= 0.3 is 0 Å². The summed E-state index contributed by atoms with van der Waals surface area (Å²) in [7, 11) is 0. The molecule has 0 saturated carbocycles. The molecular formula is C19H22N3O4+. The fraction of sp³-hybridized carbons (Fsp3) is 0.316. The van der Waals surface area contributed by atoms with Gasteiger partial charge in [0.05, 0.1) is 18.1 Å². The van der Waals surface area contributed by atoms with E-state index in [9.17, 15) is 14.9 Å². The lowest BCUT2D eigenvalue weighted by atomic mass is 10.0. The van der Waals surface area contributed by atoms with Crippen molar-refractivity contribution in [1.82, 2.24) is 0 Å². The average Bonchev–Trinajstić information content (AvgIpc) is 2.65. The zero-order valence-electron chi connectivity index (χ0n) is 14.6. The predicted molar refractivity (Wildman–Crippen MR) is 97.2 cm³/mol. The summed E-state index contributed by atoms with van der Waals surface area (Å²) in [6.45, 7) is 4.39. The minimum Gasteiger partial charge on any atom is -0.370 e. The highest BCUT2D eigenvalue weighted by molar-refractivity contribution is 5.96. The van der Waals surface area contributed by atoms with E-state index in [1.165, 1.54) is 6.07 Å². The summed E-state index contributed by atoms with van der Waals surface area (Å²) in [5.41, 5.74) is 1.78. The van der Waals surface area contributed by atoms with Gasteiger partial charge in [-0.1, -0.05) is 36.4 Å². The fourth-order valence-corrected chi connectivity index (χ4v) is 3.24. The molecule has 3 rings (SSSR count). The van der Waals surface area contributed by atoms with E-state index >= 15 is 0 Å². The quantitative estimate of drug-likeness (QED) is 0.628. The molecule has 0 unspecified atom stereocenters. The maximum absolute atomic E-state index is 13.1. The monoisotopic (exact) mass is 356 g/mol. The maximum atomic E-state index is 13.1. The molecule has 0 aliphatic carbocycles. The maximum Gasteiger partial charge on any atom is 0.293 e. The third-order valence-corrected chi connectivity index (χ3v) is 4.55. The van der Waals surface area contributed by atoms with E-state index in [0.29, 0.717) is 26.3 Å². The van der Waals surface area contributed by atoms with Crippen LogP contribution in [0.1, 0.15) is 17.2 Å². The lowest BCUT2D eigenvalue weighted by Crippen LogP contribution is -3.15. The van der Waals surface area contributed by atoms with Gasteiger partial charge in [0.1, 0.15) is 18.8 Å². The van der Waals surface area contributed by atoms with Gasteiger partial charge in [-0.15, -0.1) is 0 Å². The smallest absolute Gasteiger partial charge is 0.293 e. The SMILES string of the molecule is Cc1ccc(NC(=O)[C@H](c2ccccc2)[NH+]2CCOCC2)c([N+](=O)[O-])c1. The standard InChI is InChI=1S/C19H21N3O4/c1-14-7-8-16(17(13-14)22(24)25)20-19(23)18(15-5-3-2-4-6-15)21-9-11-26-12-10-21/h2-8,13,18H,9-12H2,1H3,(H,20,23)/p+1/t18-/m0/s1. The van der Waals surface area contributed by atoms with Crippen LogP contribution in [0.25, 0.3) is 0 Å². The summed E-state index contributed by atoms with van der Waals surface area (Å²) in [5, 5.41) is 14.1. The van der Waals surface area contributed by atoms with Crippen LogP contribution in [0, 0.1) is 17.0 Å². The highest BCUT2D eigenvalue weighted by Gasteiger charge is 2.33. The molecule has 1 heterocycles. The van der Waals surface area contributed by atoms with Crippen molar-refractivity contribution in [2.75, 3.05) is 31.6 Å². The number of ether oxygens (including phenoxy) is 1. The van der Waals surface area contributed by atoms with Gasteiger partial charge in [0.25, 0.3) is 11.6 Å². The fourth-order valence-electron chi connectivity index (χ4n) is 3.24. The van der Waals surface area contributed by atoms with Crippen LogP contribution in [0.3, 0.4) is 0 Å². The minimum absolute atomic E-state index is 0.0952. The zero-order valence-corrected chi connectivity index (χ0v) is 14.6. The minimum atomic E-state index is -0.471. The topological polar surface area (TPSA) is 85.9 Å². The normalized spacial score (nSPS) is 16.0. The van der Waals surface area contributed by atoms with Crippen molar-refractivity contribution in [3.8, 4) is 0 Å². The van der Waals surface area contributed by atoms with Crippen molar-refractivity contribution in [1.29, 1.82) is 0 Å². The van der Waals surface area contributed by atoms with Crippen LogP contribution in [-0.4, -0.2) is 37.1 Å². The van der Waals surface area contributed by atoms with Crippen molar-refractivity contribution in [3.63, 3.8) is 0 Å². The number of benzene rings is 2. The predicted octanol–water partition coefficient (Wildman–Crippen LogP) is 1.50. The average molecular weight is 356 g/mol. The van der Waals surface area contributed by atoms with Crippen LogP contribution in [-0.2, 0) is 9.53 Å². The van der Waals surface area contributed by atoms with Crippen molar-refractivity contribution >= 4 is 17.3 Å². The summed E-state index contributed by atoms with van der Waals surface area (Å²) in [5.74, 6) is -0.250. The van der Waals surface area contributed by atoms with Gasteiger partial charge in [-0.2, -0.15) is 0 Å². The number of aryl methyl sites for hydroxylation is 1. The van der Waals surface area contributed by atoms with E-state index < -0.39 is 11.0 Å². The molecule has 1 aliphatic heterocycles. The first kappa shape index (κ1) is 18.0. The molecule has 1 amide bonds. The Morgan fingerprint density at radius 2 is 1.88 bits per heavy atom. The van der Waals surface area contributed by atoms with Crippen LogP contribution in [0.4, 0.5) is 11.4 Å². The lowest BCUT2D eigenvalue weighted by molar-refractivity contribution is -0.929. The Kier molecular flexibility index (Phi) is 5.60. The first-order valence-electron chi connectivity index (χ1n) is 8.59. The second-order valence-corrected chi connectivity index (χ2v) is 6.38. The third kappa shape index (κ3) is 4.07. The van der Waals surface area contributed by atoms with Crippen molar-refractivity contribution in [3.05, 3.63) is 69.8 Å². The van der Waals surface area contributed by atoms with Crippen molar-refractivity contribution < 1.29 is 19.4 Å². The Hall–Kier alpha value is -2.77. The van der Waals surface area contributed by atoms with E-state index in [4.69, 9.17) is 4.74 Å². The van der Waals surface area contributed by atoms with Gasteiger partial charge < -0.3 is 15.0 Å². The molecule has 26 heavy (non-hydrogen) atoms. The molecule has 1 aliphatic rings. The van der Waals surface area contributed by atoms with E-state index in [2.05, 4.69) is 5.32 Å². The molecule has 7 heteroatoms. The molecule has 2 aromatic carbocycles. The van der Waals surface area contributed by atoms with Crippen LogP contribution < -0.4 is 10.2 Å². The number of nitro benzene ring substituents is 1. The molecule has 0 aromatic heterocycles. The number of hydrogen-bond donors (Lipinski definition) is 2. The molecule has 0 spiro atoms. The first-order chi connectivity index (χ1) is 12.6.